The Balaban J connectivity index is 2.63. The Morgan fingerprint density at radius 2 is 2.16 bits per heavy atom. The lowest BCUT2D eigenvalue weighted by atomic mass is 9.98. The number of unbranched alkanes of at least 4 members (excludes halogenated alkanes) is 3. The van der Waals surface area contributed by atoms with Gasteiger partial charge in [-0.3, -0.25) is 11.3 Å². The van der Waals surface area contributed by atoms with Crippen LogP contribution in [0.15, 0.2) is 18.7 Å². The average Bonchev–Trinajstić information content (AvgIpc) is 2.43. The van der Waals surface area contributed by atoms with Gasteiger partial charge < -0.3 is 0 Å². The average molecular weight is 262 g/mol. The van der Waals surface area contributed by atoms with Crippen LogP contribution in [0.1, 0.15) is 62.0 Å². The first-order valence-corrected chi connectivity index (χ1v) is 7.13. The van der Waals surface area contributed by atoms with Crippen LogP contribution >= 0.6 is 0 Å². The van der Waals surface area contributed by atoms with Crippen LogP contribution in [0.2, 0.25) is 0 Å². The Morgan fingerprint density at radius 1 is 1.37 bits per heavy atom. The Hall–Kier alpha value is -1.26. The first kappa shape index (κ1) is 15.8. The molecule has 0 aliphatic carbocycles. The van der Waals surface area contributed by atoms with Gasteiger partial charge in [0.15, 0.2) is 0 Å². The molecule has 1 heterocycles. The number of aryl methyl sites for hydroxylation is 2. The van der Waals surface area contributed by atoms with Crippen molar-refractivity contribution in [1.29, 1.82) is 0 Å². The van der Waals surface area contributed by atoms with Crippen LogP contribution in [0.25, 0.3) is 0 Å². The van der Waals surface area contributed by atoms with E-state index in [1.54, 1.807) is 0 Å². The zero-order chi connectivity index (χ0) is 14.1. The first-order chi connectivity index (χ1) is 9.22. The number of nitrogens with one attached hydrogen (secondary N) is 1. The summed E-state index contributed by atoms with van der Waals surface area (Å²) >= 11 is 0. The van der Waals surface area contributed by atoms with Crippen molar-refractivity contribution in [3.63, 3.8) is 0 Å². The number of hydrogen-bond donors (Lipinski definition) is 2. The van der Waals surface area contributed by atoms with Gasteiger partial charge in [0, 0.05) is 6.04 Å². The van der Waals surface area contributed by atoms with Gasteiger partial charge in [0.05, 0.1) is 11.4 Å². The van der Waals surface area contributed by atoms with Gasteiger partial charge in [0.2, 0.25) is 0 Å². The summed E-state index contributed by atoms with van der Waals surface area (Å²) in [7, 11) is 0. The third kappa shape index (κ3) is 5.09. The molecule has 106 valence electrons. The summed E-state index contributed by atoms with van der Waals surface area (Å²) in [6.07, 6.45) is 8.56. The van der Waals surface area contributed by atoms with Gasteiger partial charge in [0.25, 0.3) is 0 Å². The number of aromatic nitrogens is 2. The fourth-order valence-electron chi connectivity index (χ4n) is 2.25. The molecule has 0 fully saturated rings. The van der Waals surface area contributed by atoms with Crippen LogP contribution in [0.3, 0.4) is 0 Å². The molecule has 19 heavy (non-hydrogen) atoms. The second kappa shape index (κ2) is 8.77. The molecule has 0 aliphatic heterocycles. The topological polar surface area (TPSA) is 63.8 Å². The lowest BCUT2D eigenvalue weighted by molar-refractivity contribution is 0.478. The monoisotopic (exact) mass is 262 g/mol. The number of nitrogens with zero attached hydrogens (tertiary/aromatic N) is 2. The van der Waals surface area contributed by atoms with Crippen molar-refractivity contribution >= 4 is 0 Å². The number of hydrazine groups is 1. The molecule has 1 rings (SSSR count). The van der Waals surface area contributed by atoms with Gasteiger partial charge in [-0.1, -0.05) is 25.8 Å². The summed E-state index contributed by atoms with van der Waals surface area (Å²) < 4.78 is 0. The first-order valence-electron chi connectivity index (χ1n) is 7.13. The molecule has 0 aromatic carbocycles. The molecule has 0 saturated heterocycles. The predicted molar refractivity (Wildman–Crippen MR) is 79.5 cm³/mol. The predicted octanol–water partition coefficient (Wildman–Crippen LogP) is 2.99. The van der Waals surface area contributed by atoms with Crippen molar-refractivity contribution < 1.29 is 0 Å². The van der Waals surface area contributed by atoms with E-state index in [9.17, 15) is 0 Å². The Bertz CT molecular complexity index is 390. The summed E-state index contributed by atoms with van der Waals surface area (Å²) in [5, 5.41) is 8.38. The molecule has 1 aromatic heterocycles. The molecule has 1 atom stereocenters. The quantitative estimate of drug-likeness (QED) is 0.311. The van der Waals surface area contributed by atoms with Gasteiger partial charge >= 0.3 is 0 Å². The number of nitrogens with two attached hydrogens (primary N) is 1. The fraction of sp³-hybridized carbons (Fsp3) is 0.600. The maximum atomic E-state index is 5.71. The molecular weight excluding hydrogens is 236 g/mol. The van der Waals surface area contributed by atoms with E-state index < -0.39 is 0 Å². The Kier molecular flexibility index (Phi) is 7.30. The summed E-state index contributed by atoms with van der Waals surface area (Å²) in [6.45, 7) is 7.81. The number of rotatable bonds is 9. The SMILES string of the molecule is C=CCCCCCC(NN)c1cc(C)nnc1CC. The van der Waals surface area contributed by atoms with Gasteiger partial charge in [-0.25, -0.2) is 0 Å². The number of allylic oxidation sites excluding steroid dienone is 1. The largest absolute Gasteiger partial charge is 0.271 e. The van der Waals surface area contributed by atoms with Crippen LogP contribution in [-0.4, -0.2) is 10.2 Å². The second-order valence-corrected chi connectivity index (χ2v) is 4.89. The molecule has 0 bridgehead atoms. The third-order valence-corrected chi connectivity index (χ3v) is 3.34. The highest BCUT2D eigenvalue weighted by Gasteiger charge is 2.14. The van der Waals surface area contributed by atoms with Crippen molar-refractivity contribution in [2.75, 3.05) is 0 Å². The van der Waals surface area contributed by atoms with Crippen LogP contribution in [0, 0.1) is 6.92 Å². The Labute approximate surface area is 116 Å². The lowest BCUT2D eigenvalue weighted by Gasteiger charge is -2.18. The normalized spacial score (nSPS) is 12.4. The van der Waals surface area contributed by atoms with Crippen LogP contribution in [0.4, 0.5) is 0 Å². The highest BCUT2D eigenvalue weighted by Crippen LogP contribution is 2.22. The highest BCUT2D eigenvalue weighted by molar-refractivity contribution is 5.24. The molecule has 0 saturated carbocycles. The lowest BCUT2D eigenvalue weighted by Crippen LogP contribution is -2.29. The standard InChI is InChI=1S/C15H26N4/c1-4-6-7-8-9-10-15(17-16)13-11-12(3)18-19-14(13)5-2/h4,11,15,17H,1,5-10,16H2,2-3H3. The van der Waals surface area contributed by atoms with Crippen molar-refractivity contribution in [1.82, 2.24) is 15.6 Å². The van der Waals surface area contributed by atoms with Crippen molar-refractivity contribution in [2.45, 2.75) is 58.4 Å². The maximum Gasteiger partial charge on any atom is 0.0676 e. The second-order valence-electron chi connectivity index (χ2n) is 4.89. The zero-order valence-electron chi connectivity index (χ0n) is 12.2. The fourth-order valence-corrected chi connectivity index (χ4v) is 2.25. The molecule has 0 radical (unpaired) electrons. The molecule has 0 spiro atoms. The summed E-state index contributed by atoms with van der Waals surface area (Å²) in [6, 6.07) is 2.27. The van der Waals surface area contributed by atoms with Crippen LogP contribution in [-0.2, 0) is 6.42 Å². The van der Waals surface area contributed by atoms with Gasteiger partial charge in [0.1, 0.15) is 0 Å². The van der Waals surface area contributed by atoms with E-state index in [1.807, 2.05) is 13.0 Å². The Morgan fingerprint density at radius 3 is 2.79 bits per heavy atom. The summed E-state index contributed by atoms with van der Waals surface area (Å²) in [5.41, 5.74) is 6.10. The van der Waals surface area contributed by atoms with Gasteiger partial charge in [-0.05, 0) is 44.2 Å². The van der Waals surface area contributed by atoms with Crippen molar-refractivity contribution in [3.05, 3.63) is 35.7 Å². The third-order valence-electron chi connectivity index (χ3n) is 3.34. The van der Waals surface area contributed by atoms with Gasteiger partial charge in [-0.2, -0.15) is 10.2 Å². The van der Waals surface area contributed by atoms with E-state index in [-0.39, 0.29) is 6.04 Å². The molecule has 3 N–H and O–H groups in total. The molecule has 0 amide bonds. The summed E-state index contributed by atoms with van der Waals surface area (Å²) in [5.74, 6) is 5.71. The van der Waals surface area contributed by atoms with Crippen LogP contribution in [0.5, 0.6) is 0 Å². The number of hydrogen-bond acceptors (Lipinski definition) is 4. The minimum atomic E-state index is 0.174. The zero-order valence-corrected chi connectivity index (χ0v) is 12.2. The minimum absolute atomic E-state index is 0.174. The molecule has 1 unspecified atom stereocenters. The van der Waals surface area contributed by atoms with E-state index in [1.165, 1.54) is 18.4 Å². The highest BCUT2D eigenvalue weighted by atomic mass is 15.2. The molecule has 4 nitrogen and oxygen atoms in total. The molecule has 0 aliphatic rings. The molecule has 1 aromatic rings. The molecule has 4 heteroatoms. The van der Waals surface area contributed by atoms with Crippen molar-refractivity contribution in [2.24, 2.45) is 5.84 Å². The van der Waals surface area contributed by atoms with Crippen LogP contribution < -0.4 is 11.3 Å². The van der Waals surface area contributed by atoms with Gasteiger partial charge in [-0.15, -0.1) is 6.58 Å². The molecular formula is C15H26N4. The van der Waals surface area contributed by atoms with E-state index in [0.29, 0.717) is 0 Å². The van der Waals surface area contributed by atoms with Crippen molar-refractivity contribution in [3.8, 4) is 0 Å². The minimum Gasteiger partial charge on any atom is -0.271 e. The smallest absolute Gasteiger partial charge is 0.0676 e. The summed E-state index contributed by atoms with van der Waals surface area (Å²) in [4.78, 5) is 0. The van der Waals surface area contributed by atoms with E-state index >= 15 is 0 Å². The van der Waals surface area contributed by atoms with E-state index in [0.717, 1.165) is 37.1 Å². The maximum absolute atomic E-state index is 5.71. The van der Waals surface area contributed by atoms with E-state index in [4.69, 9.17) is 5.84 Å². The van der Waals surface area contributed by atoms with E-state index in [2.05, 4.69) is 35.2 Å².